The summed E-state index contributed by atoms with van der Waals surface area (Å²) < 4.78 is 55.8. The number of nitrogen functional groups attached to an aromatic ring is 1. The highest BCUT2D eigenvalue weighted by Crippen LogP contribution is 2.33. The minimum Gasteiger partial charge on any atom is -0.383 e. The van der Waals surface area contributed by atoms with Gasteiger partial charge < -0.3 is 11.1 Å². The first kappa shape index (κ1) is 27.4. The van der Waals surface area contributed by atoms with Crippen molar-refractivity contribution in [3.05, 3.63) is 82.8 Å². The van der Waals surface area contributed by atoms with Crippen molar-refractivity contribution in [1.29, 1.82) is 0 Å². The van der Waals surface area contributed by atoms with Crippen LogP contribution >= 0.6 is 0 Å². The summed E-state index contributed by atoms with van der Waals surface area (Å²) in [6.45, 7) is 3.64. The van der Waals surface area contributed by atoms with Crippen LogP contribution in [-0.4, -0.2) is 41.9 Å². The quantitative estimate of drug-likeness (QED) is 0.265. The maximum atomic E-state index is 14.2. The Kier molecular flexibility index (Phi) is 7.22. The summed E-state index contributed by atoms with van der Waals surface area (Å²) in [5.41, 5.74) is 5.98. The molecule has 0 radical (unpaired) electrons. The zero-order chi connectivity index (χ0) is 29.4. The van der Waals surface area contributed by atoms with Gasteiger partial charge in [0, 0.05) is 29.1 Å². The van der Waals surface area contributed by atoms with Crippen LogP contribution in [0.2, 0.25) is 0 Å². The van der Waals surface area contributed by atoms with Gasteiger partial charge >= 0.3 is 0 Å². The SMILES string of the molecule is CC(C)n1cc(-c2ccc(F)cc2)c(=O)c(C(=O)Nc2ccc(-c3nn(C(F)C(F)F)c4ncnc(N)c34)cc2)n1. The molecule has 5 aromatic rings. The predicted octanol–water partition coefficient (Wildman–Crippen LogP) is 5.00. The van der Waals surface area contributed by atoms with Crippen LogP contribution in [0.5, 0.6) is 0 Å². The average molecular weight is 567 g/mol. The van der Waals surface area contributed by atoms with Crippen molar-refractivity contribution in [3.8, 4) is 22.4 Å². The molecule has 10 nitrogen and oxygen atoms in total. The number of rotatable bonds is 7. The van der Waals surface area contributed by atoms with E-state index in [1.165, 1.54) is 59.4 Å². The molecule has 0 aliphatic carbocycles. The number of nitrogens with one attached hydrogen (secondary N) is 1. The minimum absolute atomic E-state index is 0.0627. The number of carbonyl (C=O) groups is 1. The van der Waals surface area contributed by atoms with Crippen LogP contribution in [-0.2, 0) is 0 Å². The average Bonchev–Trinajstić information content (AvgIpc) is 3.34. The Balaban J connectivity index is 1.48. The highest BCUT2D eigenvalue weighted by atomic mass is 19.3. The number of carbonyl (C=O) groups excluding carboxylic acids is 1. The van der Waals surface area contributed by atoms with Crippen LogP contribution in [0.1, 0.15) is 36.7 Å². The highest BCUT2D eigenvalue weighted by Gasteiger charge is 2.28. The molecule has 1 unspecified atom stereocenters. The van der Waals surface area contributed by atoms with Crippen molar-refractivity contribution in [2.24, 2.45) is 0 Å². The molecule has 0 saturated heterocycles. The first-order valence-electron chi connectivity index (χ1n) is 12.3. The zero-order valence-electron chi connectivity index (χ0n) is 21.6. The number of aromatic nitrogens is 6. The number of amides is 1. The molecule has 14 heteroatoms. The minimum atomic E-state index is -3.35. The number of hydrogen-bond donors (Lipinski definition) is 2. The summed E-state index contributed by atoms with van der Waals surface area (Å²) in [6, 6.07) is 11.1. The summed E-state index contributed by atoms with van der Waals surface area (Å²) in [6.07, 6.45) is -3.59. The van der Waals surface area contributed by atoms with Gasteiger partial charge in [0.25, 0.3) is 18.6 Å². The van der Waals surface area contributed by atoms with Crippen molar-refractivity contribution in [2.75, 3.05) is 11.1 Å². The summed E-state index contributed by atoms with van der Waals surface area (Å²) in [5, 5.41) is 10.9. The van der Waals surface area contributed by atoms with Gasteiger partial charge in [-0.05, 0) is 43.7 Å². The molecule has 0 fully saturated rings. The van der Waals surface area contributed by atoms with Gasteiger partial charge in [0.1, 0.15) is 23.7 Å². The summed E-state index contributed by atoms with van der Waals surface area (Å²) in [7, 11) is 0. The van der Waals surface area contributed by atoms with E-state index in [9.17, 15) is 27.2 Å². The third-order valence-corrected chi connectivity index (χ3v) is 6.21. The lowest BCUT2D eigenvalue weighted by Gasteiger charge is -2.14. The van der Waals surface area contributed by atoms with Crippen molar-refractivity contribution < 1.29 is 22.4 Å². The number of alkyl halides is 3. The number of nitrogens with zero attached hydrogens (tertiary/aromatic N) is 6. The molecule has 210 valence electrons. The molecule has 1 atom stereocenters. The zero-order valence-corrected chi connectivity index (χ0v) is 21.6. The second kappa shape index (κ2) is 10.8. The van der Waals surface area contributed by atoms with Gasteiger partial charge in [-0.25, -0.2) is 32.2 Å². The van der Waals surface area contributed by atoms with Crippen molar-refractivity contribution in [2.45, 2.75) is 32.6 Å². The van der Waals surface area contributed by atoms with Crippen molar-refractivity contribution in [1.82, 2.24) is 29.5 Å². The lowest BCUT2D eigenvalue weighted by Crippen LogP contribution is -2.28. The first-order chi connectivity index (χ1) is 19.5. The van der Waals surface area contributed by atoms with Crippen LogP contribution < -0.4 is 16.5 Å². The molecule has 41 heavy (non-hydrogen) atoms. The van der Waals surface area contributed by atoms with E-state index >= 15 is 0 Å². The van der Waals surface area contributed by atoms with Crippen LogP contribution in [0.3, 0.4) is 0 Å². The normalized spacial score (nSPS) is 12.3. The van der Waals surface area contributed by atoms with Crippen LogP contribution in [0.4, 0.5) is 29.1 Å². The van der Waals surface area contributed by atoms with E-state index < -0.39 is 29.9 Å². The van der Waals surface area contributed by atoms with Crippen LogP contribution in [0.15, 0.2) is 65.8 Å². The maximum absolute atomic E-state index is 14.2. The summed E-state index contributed by atoms with van der Waals surface area (Å²) >= 11 is 0. The monoisotopic (exact) mass is 566 g/mol. The number of hydrogen-bond acceptors (Lipinski definition) is 7. The van der Waals surface area contributed by atoms with Gasteiger partial charge in [0.05, 0.1) is 5.39 Å². The fourth-order valence-corrected chi connectivity index (χ4v) is 4.13. The molecule has 3 heterocycles. The van der Waals surface area contributed by atoms with E-state index in [1.807, 2.05) is 13.8 Å². The Morgan fingerprint density at radius 3 is 2.24 bits per heavy atom. The number of halogens is 4. The molecule has 5 rings (SSSR count). The lowest BCUT2D eigenvalue weighted by atomic mass is 10.1. The van der Waals surface area contributed by atoms with Crippen molar-refractivity contribution in [3.63, 3.8) is 0 Å². The fourth-order valence-electron chi connectivity index (χ4n) is 4.13. The highest BCUT2D eigenvalue weighted by molar-refractivity contribution is 6.03. The number of fused-ring (bicyclic) bond motifs is 1. The molecule has 0 saturated carbocycles. The standard InChI is InChI=1S/C27H22F4N8O2/c1-13(2)38-11-18(14-3-7-16(28)8-4-14)22(40)21(36-38)27(41)35-17-9-5-15(6-10-17)20-19-25(32)33-12-34-26(19)39(37-20)24(31)23(29)30/h3-13,23-24H,1-2H3,(H,35,41)(H2,32,33,34). The second-order valence-corrected chi connectivity index (χ2v) is 9.29. The van der Waals surface area contributed by atoms with Gasteiger partial charge in [-0.1, -0.05) is 24.3 Å². The molecule has 3 aromatic heterocycles. The molecule has 3 N–H and O–H groups in total. The van der Waals surface area contributed by atoms with Gasteiger partial charge in [0.2, 0.25) is 5.43 Å². The Morgan fingerprint density at radius 1 is 0.951 bits per heavy atom. The van der Waals surface area contributed by atoms with Gasteiger partial charge in [-0.2, -0.15) is 10.2 Å². The Hall–Kier alpha value is -5.14. The van der Waals surface area contributed by atoms with Gasteiger partial charge in [0.15, 0.2) is 11.3 Å². The van der Waals surface area contributed by atoms with E-state index in [1.54, 1.807) is 0 Å². The van der Waals surface area contributed by atoms with Crippen LogP contribution in [0.25, 0.3) is 33.4 Å². The second-order valence-electron chi connectivity index (χ2n) is 9.29. The molecular weight excluding hydrogens is 544 g/mol. The van der Waals surface area contributed by atoms with Crippen LogP contribution in [0, 0.1) is 5.82 Å². The summed E-state index contributed by atoms with van der Waals surface area (Å²) in [5.74, 6) is -1.34. The number of nitrogens with two attached hydrogens (primary N) is 1. The van der Waals surface area contributed by atoms with E-state index in [0.717, 1.165) is 6.33 Å². The van der Waals surface area contributed by atoms with E-state index in [2.05, 4.69) is 25.5 Å². The Bertz CT molecular complexity index is 1800. The largest absolute Gasteiger partial charge is 0.383 e. The lowest BCUT2D eigenvalue weighted by molar-refractivity contribution is 0.00323. The molecule has 0 aliphatic rings. The first-order valence-corrected chi connectivity index (χ1v) is 12.3. The molecule has 2 aromatic carbocycles. The smallest absolute Gasteiger partial charge is 0.289 e. The van der Waals surface area contributed by atoms with E-state index in [0.29, 0.717) is 15.8 Å². The Labute approximate surface area is 229 Å². The third-order valence-electron chi connectivity index (χ3n) is 6.21. The Morgan fingerprint density at radius 2 is 1.61 bits per heavy atom. The predicted molar refractivity (Wildman–Crippen MR) is 144 cm³/mol. The molecular formula is C27H22F4N8O2. The summed E-state index contributed by atoms with van der Waals surface area (Å²) in [4.78, 5) is 34.1. The van der Waals surface area contributed by atoms with Gasteiger partial charge in [-0.3, -0.25) is 14.3 Å². The number of benzene rings is 2. The van der Waals surface area contributed by atoms with Crippen molar-refractivity contribution >= 4 is 28.4 Å². The van der Waals surface area contributed by atoms with E-state index in [4.69, 9.17) is 5.73 Å². The molecule has 0 bridgehead atoms. The third kappa shape index (κ3) is 5.23. The van der Waals surface area contributed by atoms with Gasteiger partial charge in [-0.15, -0.1) is 0 Å². The van der Waals surface area contributed by atoms with E-state index in [-0.39, 0.29) is 45.5 Å². The molecule has 0 aliphatic heterocycles. The molecule has 0 spiro atoms. The fraction of sp³-hybridized carbons (Fsp3) is 0.185. The number of anilines is 2. The maximum Gasteiger partial charge on any atom is 0.289 e. The molecule has 1 amide bonds. The topological polar surface area (TPSA) is 134 Å².